The molecule has 2 rings (SSSR count). The number of hydrogen-bond donors (Lipinski definition) is 3. The highest BCUT2D eigenvalue weighted by Crippen LogP contribution is 2.26. The fourth-order valence-corrected chi connectivity index (χ4v) is 3.46. The van der Waals surface area contributed by atoms with Gasteiger partial charge in [0, 0.05) is 36.1 Å². The van der Waals surface area contributed by atoms with Crippen molar-refractivity contribution >= 4 is 35.8 Å². The average Bonchev–Trinajstić information content (AvgIpc) is 2.64. The summed E-state index contributed by atoms with van der Waals surface area (Å²) in [5.41, 5.74) is 6.40. The van der Waals surface area contributed by atoms with Crippen molar-refractivity contribution in [3.8, 4) is 0 Å². The summed E-state index contributed by atoms with van der Waals surface area (Å²) in [7, 11) is 0. The molecule has 0 saturated heterocycles. The highest BCUT2D eigenvalue weighted by Gasteiger charge is 2.23. The molecular formula is C19H29Cl2N3O2. The molecule has 0 radical (unpaired) electrons. The quantitative estimate of drug-likeness (QED) is 0.584. The third-order valence-corrected chi connectivity index (χ3v) is 5.04. The van der Waals surface area contributed by atoms with E-state index in [1.165, 1.54) is 19.3 Å². The van der Waals surface area contributed by atoms with Crippen molar-refractivity contribution in [1.82, 2.24) is 10.6 Å². The van der Waals surface area contributed by atoms with Gasteiger partial charge in [0.25, 0.3) is 5.91 Å². The number of rotatable bonds is 8. The van der Waals surface area contributed by atoms with Gasteiger partial charge >= 0.3 is 0 Å². The molecule has 0 aromatic heterocycles. The van der Waals surface area contributed by atoms with Crippen LogP contribution in [0.3, 0.4) is 0 Å². The van der Waals surface area contributed by atoms with Gasteiger partial charge in [0.2, 0.25) is 5.91 Å². The Morgan fingerprint density at radius 2 is 1.81 bits per heavy atom. The highest BCUT2D eigenvalue weighted by molar-refractivity contribution is 6.30. The summed E-state index contributed by atoms with van der Waals surface area (Å²) >= 11 is 5.80. The molecule has 1 atom stereocenters. The van der Waals surface area contributed by atoms with E-state index >= 15 is 0 Å². The summed E-state index contributed by atoms with van der Waals surface area (Å²) in [6.07, 6.45) is 7.05. The van der Waals surface area contributed by atoms with Crippen molar-refractivity contribution in [1.29, 1.82) is 0 Å². The van der Waals surface area contributed by atoms with Crippen LogP contribution in [-0.2, 0) is 4.79 Å². The molecule has 1 saturated carbocycles. The van der Waals surface area contributed by atoms with Crippen LogP contribution in [0.1, 0.15) is 55.3 Å². The van der Waals surface area contributed by atoms with E-state index in [9.17, 15) is 9.59 Å². The molecule has 26 heavy (non-hydrogen) atoms. The number of carbonyl (C=O) groups is 2. The second-order valence-electron chi connectivity index (χ2n) is 6.67. The van der Waals surface area contributed by atoms with E-state index in [1.807, 2.05) is 0 Å². The second kappa shape index (κ2) is 12.2. The molecule has 4 N–H and O–H groups in total. The minimum atomic E-state index is -0.154. The lowest BCUT2D eigenvalue weighted by Gasteiger charge is -2.30. The number of benzene rings is 1. The first-order valence-electron chi connectivity index (χ1n) is 9.13. The molecule has 1 aromatic rings. The van der Waals surface area contributed by atoms with Crippen molar-refractivity contribution < 1.29 is 9.59 Å². The van der Waals surface area contributed by atoms with Gasteiger partial charge in [-0.15, -0.1) is 12.4 Å². The van der Waals surface area contributed by atoms with E-state index in [2.05, 4.69) is 10.6 Å². The van der Waals surface area contributed by atoms with Crippen LogP contribution in [0.25, 0.3) is 0 Å². The molecule has 1 aromatic carbocycles. The van der Waals surface area contributed by atoms with Gasteiger partial charge in [-0.1, -0.05) is 30.9 Å². The Hall–Kier alpha value is -1.30. The maximum atomic E-state index is 12.1. The van der Waals surface area contributed by atoms with Crippen LogP contribution < -0.4 is 16.4 Å². The average molecular weight is 402 g/mol. The predicted octanol–water partition coefficient (Wildman–Crippen LogP) is 3.30. The lowest BCUT2D eigenvalue weighted by atomic mass is 9.84. The first-order valence-corrected chi connectivity index (χ1v) is 9.51. The zero-order valence-corrected chi connectivity index (χ0v) is 16.6. The van der Waals surface area contributed by atoms with Crippen LogP contribution in [0.15, 0.2) is 24.3 Å². The van der Waals surface area contributed by atoms with E-state index in [0.29, 0.717) is 42.4 Å². The Kier molecular flexibility index (Phi) is 10.6. The monoisotopic (exact) mass is 401 g/mol. The van der Waals surface area contributed by atoms with Gasteiger partial charge in [-0.2, -0.15) is 0 Å². The summed E-state index contributed by atoms with van der Waals surface area (Å²) in [5, 5.41) is 6.49. The number of halogens is 2. The lowest BCUT2D eigenvalue weighted by Crippen LogP contribution is -2.46. The predicted molar refractivity (Wildman–Crippen MR) is 108 cm³/mol. The normalized spacial score (nSPS) is 15.6. The van der Waals surface area contributed by atoms with E-state index in [4.69, 9.17) is 17.3 Å². The lowest BCUT2D eigenvalue weighted by molar-refractivity contribution is -0.122. The SMILES string of the molecule is Cl.NCC(NC(=O)CCCNC(=O)c1ccc(Cl)cc1)C1CCCCC1. The highest BCUT2D eigenvalue weighted by atomic mass is 35.5. The van der Waals surface area contributed by atoms with E-state index in [-0.39, 0.29) is 30.3 Å². The van der Waals surface area contributed by atoms with Crippen LogP contribution in [0.2, 0.25) is 5.02 Å². The summed E-state index contributed by atoms with van der Waals surface area (Å²) in [6.45, 7) is 0.954. The van der Waals surface area contributed by atoms with E-state index in [0.717, 1.165) is 12.8 Å². The summed E-state index contributed by atoms with van der Waals surface area (Å²) in [4.78, 5) is 24.1. The van der Waals surface area contributed by atoms with Crippen molar-refractivity contribution in [2.75, 3.05) is 13.1 Å². The Bertz CT molecular complexity index is 560. The molecule has 1 fully saturated rings. The van der Waals surface area contributed by atoms with Gasteiger partial charge in [-0.05, 0) is 49.4 Å². The maximum Gasteiger partial charge on any atom is 0.251 e. The van der Waals surface area contributed by atoms with Crippen molar-refractivity contribution in [3.63, 3.8) is 0 Å². The first-order chi connectivity index (χ1) is 12.1. The Labute approximate surface area is 166 Å². The summed E-state index contributed by atoms with van der Waals surface area (Å²) < 4.78 is 0. The summed E-state index contributed by atoms with van der Waals surface area (Å²) in [6, 6.07) is 6.81. The zero-order valence-electron chi connectivity index (χ0n) is 15.0. The van der Waals surface area contributed by atoms with Crippen LogP contribution in [-0.4, -0.2) is 30.9 Å². The molecule has 7 heteroatoms. The zero-order chi connectivity index (χ0) is 18.1. The summed E-state index contributed by atoms with van der Waals surface area (Å²) in [5.74, 6) is 0.369. The Morgan fingerprint density at radius 3 is 2.42 bits per heavy atom. The number of nitrogens with one attached hydrogen (secondary N) is 2. The number of hydrogen-bond acceptors (Lipinski definition) is 3. The second-order valence-corrected chi connectivity index (χ2v) is 7.11. The third-order valence-electron chi connectivity index (χ3n) is 4.79. The Balaban J connectivity index is 0.00000338. The van der Waals surface area contributed by atoms with Gasteiger partial charge < -0.3 is 16.4 Å². The van der Waals surface area contributed by atoms with Gasteiger partial charge in [0.15, 0.2) is 0 Å². The Morgan fingerprint density at radius 1 is 1.15 bits per heavy atom. The molecular weight excluding hydrogens is 373 g/mol. The van der Waals surface area contributed by atoms with Gasteiger partial charge in [0.05, 0.1) is 0 Å². The standard InChI is InChI=1S/C19H28ClN3O2.ClH/c20-16-10-8-15(9-11-16)19(25)22-12-4-7-18(24)23-17(13-21)14-5-2-1-3-6-14;/h8-11,14,17H,1-7,12-13,21H2,(H,22,25)(H,23,24);1H. The molecule has 2 amide bonds. The maximum absolute atomic E-state index is 12.1. The molecule has 146 valence electrons. The fourth-order valence-electron chi connectivity index (χ4n) is 3.34. The van der Waals surface area contributed by atoms with Crippen molar-refractivity contribution in [3.05, 3.63) is 34.9 Å². The van der Waals surface area contributed by atoms with Crippen LogP contribution in [0.5, 0.6) is 0 Å². The molecule has 0 spiro atoms. The van der Waals surface area contributed by atoms with Crippen molar-refractivity contribution in [2.24, 2.45) is 11.7 Å². The number of amides is 2. The molecule has 1 aliphatic carbocycles. The molecule has 0 heterocycles. The number of carbonyl (C=O) groups excluding carboxylic acids is 2. The van der Waals surface area contributed by atoms with Crippen LogP contribution in [0, 0.1) is 5.92 Å². The fraction of sp³-hybridized carbons (Fsp3) is 0.579. The topological polar surface area (TPSA) is 84.2 Å². The molecule has 0 bridgehead atoms. The first kappa shape index (κ1) is 22.7. The molecule has 0 aliphatic heterocycles. The minimum absolute atomic E-state index is 0. The molecule has 1 aliphatic rings. The van der Waals surface area contributed by atoms with E-state index < -0.39 is 0 Å². The van der Waals surface area contributed by atoms with Gasteiger partial charge in [0.1, 0.15) is 0 Å². The largest absolute Gasteiger partial charge is 0.352 e. The van der Waals surface area contributed by atoms with Gasteiger partial charge in [-0.25, -0.2) is 0 Å². The third kappa shape index (κ3) is 7.52. The van der Waals surface area contributed by atoms with Crippen molar-refractivity contribution in [2.45, 2.75) is 51.0 Å². The van der Waals surface area contributed by atoms with Gasteiger partial charge in [-0.3, -0.25) is 9.59 Å². The van der Waals surface area contributed by atoms with Crippen LogP contribution >= 0.6 is 24.0 Å². The molecule has 5 nitrogen and oxygen atoms in total. The smallest absolute Gasteiger partial charge is 0.251 e. The van der Waals surface area contributed by atoms with Crippen LogP contribution in [0.4, 0.5) is 0 Å². The number of nitrogens with two attached hydrogens (primary N) is 1. The van der Waals surface area contributed by atoms with E-state index in [1.54, 1.807) is 24.3 Å². The minimum Gasteiger partial charge on any atom is -0.352 e. The molecule has 1 unspecified atom stereocenters.